The van der Waals surface area contributed by atoms with Gasteiger partial charge in [-0.3, -0.25) is 4.79 Å². The van der Waals surface area contributed by atoms with Crippen LogP contribution in [-0.2, 0) is 11.2 Å². The van der Waals surface area contributed by atoms with Crippen molar-refractivity contribution in [3.63, 3.8) is 0 Å². The number of nitrogens with zero attached hydrogens (tertiary/aromatic N) is 1. The van der Waals surface area contributed by atoms with Gasteiger partial charge in [0.2, 0.25) is 5.91 Å². The molecule has 1 aliphatic rings. The molecule has 1 aromatic carbocycles. The molecule has 0 saturated heterocycles. The summed E-state index contributed by atoms with van der Waals surface area (Å²) in [5.41, 5.74) is 2.17. The molecule has 1 saturated carbocycles. The number of hydrogen-bond acceptors (Lipinski definition) is 3. The van der Waals surface area contributed by atoms with E-state index in [1.54, 1.807) is 0 Å². The Labute approximate surface area is 130 Å². The van der Waals surface area contributed by atoms with Gasteiger partial charge in [-0.25, -0.2) is 0 Å². The van der Waals surface area contributed by atoms with Crippen LogP contribution in [0.4, 0.5) is 0 Å². The summed E-state index contributed by atoms with van der Waals surface area (Å²) in [4.78, 5) is 12.2. The molecular weight excluding hydrogens is 276 g/mol. The van der Waals surface area contributed by atoms with Crippen LogP contribution in [0.25, 0.3) is 0 Å². The number of hydrogen-bond donors (Lipinski definition) is 1. The van der Waals surface area contributed by atoms with Crippen molar-refractivity contribution in [3.05, 3.63) is 53.4 Å². The van der Waals surface area contributed by atoms with E-state index in [1.165, 1.54) is 18.4 Å². The third-order valence-electron chi connectivity index (χ3n) is 4.20. The molecule has 1 aliphatic carbocycles. The van der Waals surface area contributed by atoms with E-state index >= 15 is 0 Å². The van der Waals surface area contributed by atoms with E-state index in [2.05, 4.69) is 34.7 Å². The van der Waals surface area contributed by atoms with Crippen molar-refractivity contribution in [2.24, 2.45) is 5.92 Å². The van der Waals surface area contributed by atoms with Crippen molar-refractivity contribution < 1.29 is 9.32 Å². The first-order valence-corrected chi connectivity index (χ1v) is 7.96. The number of aryl methyl sites for hydroxylation is 1. The predicted octanol–water partition coefficient (Wildman–Crippen LogP) is 3.23. The van der Waals surface area contributed by atoms with Crippen molar-refractivity contribution in [2.45, 2.75) is 38.5 Å². The molecule has 1 aromatic heterocycles. The molecule has 4 heteroatoms. The highest BCUT2D eigenvalue weighted by atomic mass is 16.5. The molecule has 4 nitrogen and oxygen atoms in total. The van der Waals surface area contributed by atoms with Crippen LogP contribution in [0, 0.1) is 12.8 Å². The van der Waals surface area contributed by atoms with Crippen molar-refractivity contribution in [3.8, 4) is 0 Å². The van der Waals surface area contributed by atoms with E-state index < -0.39 is 0 Å². The zero-order chi connectivity index (χ0) is 15.4. The number of carbonyl (C=O) groups is 1. The molecule has 3 rings (SSSR count). The smallest absolute Gasteiger partial charge is 0.220 e. The fraction of sp³-hybridized carbons (Fsp3) is 0.444. The van der Waals surface area contributed by atoms with Crippen LogP contribution in [0.2, 0.25) is 0 Å². The number of nitrogens with one attached hydrogen (secondary N) is 1. The Morgan fingerprint density at radius 1 is 1.36 bits per heavy atom. The molecule has 1 unspecified atom stereocenters. The molecule has 1 amide bonds. The van der Waals surface area contributed by atoms with Gasteiger partial charge in [0.15, 0.2) is 0 Å². The van der Waals surface area contributed by atoms with Gasteiger partial charge in [-0.15, -0.1) is 0 Å². The van der Waals surface area contributed by atoms with Crippen LogP contribution in [-0.4, -0.2) is 17.6 Å². The number of rotatable bonds is 7. The van der Waals surface area contributed by atoms with Gasteiger partial charge in [0.25, 0.3) is 0 Å². The Morgan fingerprint density at radius 2 is 2.14 bits per heavy atom. The average molecular weight is 298 g/mol. The minimum absolute atomic E-state index is 0.126. The highest BCUT2D eigenvalue weighted by molar-refractivity contribution is 5.77. The SMILES string of the molecule is Cc1cc(CCNC(=O)CC(c2ccccc2)C2CC2)no1. The Balaban J connectivity index is 1.49. The Kier molecular flexibility index (Phi) is 4.56. The fourth-order valence-corrected chi connectivity index (χ4v) is 2.89. The van der Waals surface area contributed by atoms with Gasteiger partial charge < -0.3 is 9.84 Å². The quantitative estimate of drug-likeness (QED) is 0.854. The molecule has 22 heavy (non-hydrogen) atoms. The van der Waals surface area contributed by atoms with Crippen LogP contribution in [0.3, 0.4) is 0 Å². The monoisotopic (exact) mass is 298 g/mol. The minimum Gasteiger partial charge on any atom is -0.361 e. The van der Waals surface area contributed by atoms with Crippen LogP contribution >= 0.6 is 0 Å². The second-order valence-electron chi connectivity index (χ2n) is 6.09. The maximum absolute atomic E-state index is 12.2. The lowest BCUT2D eigenvalue weighted by Crippen LogP contribution is -2.27. The summed E-state index contributed by atoms with van der Waals surface area (Å²) in [7, 11) is 0. The molecule has 0 spiro atoms. The predicted molar refractivity (Wildman–Crippen MR) is 84.5 cm³/mol. The van der Waals surface area contributed by atoms with E-state index in [0.717, 1.165) is 11.5 Å². The Hall–Kier alpha value is -2.10. The number of aromatic nitrogens is 1. The lowest BCUT2D eigenvalue weighted by molar-refractivity contribution is -0.121. The number of carbonyl (C=O) groups excluding carboxylic acids is 1. The Bertz CT molecular complexity index is 617. The summed E-state index contributed by atoms with van der Waals surface area (Å²) >= 11 is 0. The summed E-state index contributed by atoms with van der Waals surface area (Å²) in [6.07, 6.45) is 3.77. The average Bonchev–Trinajstić information content (AvgIpc) is 3.28. The zero-order valence-electron chi connectivity index (χ0n) is 12.9. The van der Waals surface area contributed by atoms with Crippen molar-refractivity contribution >= 4 is 5.91 Å². The first kappa shape index (κ1) is 14.8. The van der Waals surface area contributed by atoms with Gasteiger partial charge in [0.05, 0.1) is 5.69 Å². The molecule has 0 radical (unpaired) electrons. The third-order valence-corrected chi connectivity index (χ3v) is 4.20. The first-order chi connectivity index (χ1) is 10.7. The first-order valence-electron chi connectivity index (χ1n) is 7.96. The largest absolute Gasteiger partial charge is 0.361 e. The van der Waals surface area contributed by atoms with E-state index in [9.17, 15) is 4.79 Å². The van der Waals surface area contributed by atoms with Crippen LogP contribution in [0.15, 0.2) is 40.9 Å². The summed E-state index contributed by atoms with van der Waals surface area (Å²) in [6, 6.07) is 12.3. The molecule has 1 N–H and O–H groups in total. The molecule has 0 aliphatic heterocycles. The van der Waals surface area contributed by atoms with Gasteiger partial charge >= 0.3 is 0 Å². The zero-order valence-corrected chi connectivity index (χ0v) is 12.9. The van der Waals surface area contributed by atoms with Crippen molar-refractivity contribution in [1.82, 2.24) is 10.5 Å². The molecule has 0 bridgehead atoms. The maximum Gasteiger partial charge on any atom is 0.220 e. The van der Waals surface area contributed by atoms with Gasteiger partial charge in [-0.1, -0.05) is 35.5 Å². The number of benzene rings is 1. The maximum atomic E-state index is 12.2. The van der Waals surface area contributed by atoms with Crippen molar-refractivity contribution in [2.75, 3.05) is 6.54 Å². The van der Waals surface area contributed by atoms with E-state index in [1.807, 2.05) is 19.1 Å². The molecule has 116 valence electrons. The lowest BCUT2D eigenvalue weighted by Gasteiger charge is -2.16. The van der Waals surface area contributed by atoms with Gasteiger partial charge in [0, 0.05) is 25.5 Å². The van der Waals surface area contributed by atoms with E-state index in [-0.39, 0.29) is 5.91 Å². The summed E-state index contributed by atoms with van der Waals surface area (Å²) < 4.78 is 5.02. The Morgan fingerprint density at radius 3 is 2.77 bits per heavy atom. The normalized spacial score (nSPS) is 15.5. The molecule has 1 fully saturated rings. The van der Waals surface area contributed by atoms with Crippen LogP contribution in [0.1, 0.15) is 42.2 Å². The molecule has 1 atom stereocenters. The summed E-state index contributed by atoms with van der Waals surface area (Å²) in [6.45, 7) is 2.48. The lowest BCUT2D eigenvalue weighted by atomic mass is 9.91. The second kappa shape index (κ2) is 6.77. The second-order valence-corrected chi connectivity index (χ2v) is 6.09. The van der Waals surface area contributed by atoms with Crippen LogP contribution < -0.4 is 5.32 Å². The van der Waals surface area contributed by atoms with E-state index in [0.29, 0.717) is 31.2 Å². The van der Waals surface area contributed by atoms with Crippen molar-refractivity contribution in [1.29, 1.82) is 0 Å². The summed E-state index contributed by atoms with van der Waals surface area (Å²) in [5, 5.41) is 6.94. The van der Waals surface area contributed by atoms with Gasteiger partial charge in [-0.2, -0.15) is 0 Å². The molecular formula is C18H22N2O2. The highest BCUT2D eigenvalue weighted by Gasteiger charge is 2.33. The third kappa shape index (κ3) is 3.97. The molecule has 2 aromatic rings. The minimum atomic E-state index is 0.126. The van der Waals surface area contributed by atoms with Crippen LogP contribution in [0.5, 0.6) is 0 Å². The topological polar surface area (TPSA) is 55.1 Å². The van der Waals surface area contributed by atoms with Gasteiger partial charge in [-0.05, 0) is 37.2 Å². The highest BCUT2D eigenvalue weighted by Crippen LogP contribution is 2.44. The standard InChI is InChI=1S/C18H22N2O2/c1-13-11-16(20-22-13)9-10-19-18(21)12-17(15-7-8-15)14-5-3-2-4-6-14/h2-6,11,15,17H,7-10,12H2,1H3,(H,19,21). The molecule has 1 heterocycles. The number of amides is 1. The van der Waals surface area contributed by atoms with Gasteiger partial charge in [0.1, 0.15) is 5.76 Å². The fourth-order valence-electron chi connectivity index (χ4n) is 2.89. The van der Waals surface area contributed by atoms with E-state index in [4.69, 9.17) is 4.52 Å². The summed E-state index contributed by atoms with van der Waals surface area (Å²) in [5.74, 6) is 1.96.